The highest BCUT2D eigenvalue weighted by Gasteiger charge is 2.48. The molecule has 10 aromatic rings. The molecule has 2 saturated carbocycles. The molecule has 1 atom stereocenters. The van der Waals surface area contributed by atoms with Crippen molar-refractivity contribution in [2.45, 2.75) is 63.1 Å². The number of allylic oxidation sites excluding steroid dienone is 3. The molecule has 6 heteroatoms. The van der Waals surface area contributed by atoms with Crippen LogP contribution in [0.5, 0.6) is 0 Å². The minimum absolute atomic E-state index is 0.0515. The van der Waals surface area contributed by atoms with Crippen molar-refractivity contribution in [3.05, 3.63) is 213 Å². The third kappa shape index (κ3) is 6.41. The first-order valence-electron chi connectivity index (χ1n) is 24.7. The van der Waals surface area contributed by atoms with Crippen molar-refractivity contribution < 1.29 is 0 Å². The van der Waals surface area contributed by atoms with E-state index >= 15 is 0 Å². The second-order valence-electron chi connectivity index (χ2n) is 19.7. The van der Waals surface area contributed by atoms with Crippen molar-refractivity contribution in [3.8, 4) is 11.6 Å². The van der Waals surface area contributed by atoms with E-state index in [2.05, 4.69) is 228 Å². The minimum atomic E-state index is -2.81. The van der Waals surface area contributed by atoms with Gasteiger partial charge in [0.25, 0.3) is 0 Å². The molecular weight excluding hydrogens is 843 g/mol. The van der Waals surface area contributed by atoms with Crippen molar-refractivity contribution in [2.75, 3.05) is 4.90 Å². The van der Waals surface area contributed by atoms with Gasteiger partial charge in [0.15, 0.2) is 13.9 Å². The Morgan fingerprint density at radius 3 is 1.41 bits per heavy atom. The van der Waals surface area contributed by atoms with Crippen LogP contribution in [0.3, 0.4) is 0 Å². The number of rotatable bonds is 11. The summed E-state index contributed by atoms with van der Waals surface area (Å²) in [6.07, 6.45) is 11.9. The van der Waals surface area contributed by atoms with E-state index in [-0.39, 0.29) is 5.54 Å². The first kappa shape index (κ1) is 40.9. The maximum Gasteiger partial charge on any atom is 0.159 e. The Bertz CT molecular complexity index is 3370. The quantitative estimate of drug-likeness (QED) is 0.0738. The number of piperidine rings is 2. The van der Waals surface area contributed by atoms with E-state index in [1.165, 1.54) is 80.4 Å². The number of hydrogen-bond acceptors (Lipinski definition) is 3. The zero-order valence-corrected chi connectivity index (χ0v) is 39.6. The van der Waals surface area contributed by atoms with Crippen LogP contribution in [0.2, 0.25) is 5.54 Å². The van der Waals surface area contributed by atoms with E-state index in [0.29, 0.717) is 18.5 Å². The lowest BCUT2D eigenvalue weighted by molar-refractivity contribution is 0.0900. The van der Waals surface area contributed by atoms with Crippen LogP contribution in [0.1, 0.15) is 51.3 Å². The van der Waals surface area contributed by atoms with Crippen LogP contribution >= 0.6 is 0 Å². The SMILES string of the molecule is C=CC(C/C(=C\C)c1nc(-n2c3ccccc3c3ccccc32)cc(-n2c3ccccc3c3ccc(N4C5CC6CC(C5)CC4C6)cc32)n1)[Si](c1ccccc1)(c1ccccc1)c1ccccc1. The average molecular weight is 898 g/mol. The summed E-state index contributed by atoms with van der Waals surface area (Å²) in [5, 5.41) is 8.96. The molecule has 14 rings (SSSR count). The summed E-state index contributed by atoms with van der Waals surface area (Å²) in [6.45, 7) is 6.83. The van der Waals surface area contributed by atoms with Crippen LogP contribution in [-0.2, 0) is 0 Å². The molecule has 1 unspecified atom stereocenters. The molecule has 2 aliphatic heterocycles. The molecule has 3 aromatic heterocycles. The maximum atomic E-state index is 5.76. The first-order valence-corrected chi connectivity index (χ1v) is 26.8. The topological polar surface area (TPSA) is 38.9 Å². The van der Waals surface area contributed by atoms with Gasteiger partial charge in [0.1, 0.15) is 11.6 Å². The summed E-state index contributed by atoms with van der Waals surface area (Å²) in [7, 11) is -2.81. The Morgan fingerprint density at radius 2 is 0.956 bits per heavy atom. The zero-order valence-electron chi connectivity index (χ0n) is 38.6. The fourth-order valence-corrected chi connectivity index (χ4v) is 18.8. The van der Waals surface area contributed by atoms with Crippen molar-refractivity contribution in [3.63, 3.8) is 0 Å². The lowest BCUT2D eigenvalue weighted by Crippen LogP contribution is -2.69. The van der Waals surface area contributed by atoms with Gasteiger partial charge in [-0.2, -0.15) is 0 Å². The van der Waals surface area contributed by atoms with Crippen LogP contribution in [0.15, 0.2) is 207 Å². The third-order valence-electron chi connectivity index (χ3n) is 16.2. The maximum absolute atomic E-state index is 5.76. The number of fused-ring (bicyclic) bond motifs is 6. The second kappa shape index (κ2) is 16.5. The Hall–Kier alpha value is -7.28. The Morgan fingerprint density at radius 1 is 0.529 bits per heavy atom. The lowest BCUT2D eigenvalue weighted by atomic mass is 9.63. The predicted molar refractivity (Wildman–Crippen MR) is 287 cm³/mol. The summed E-state index contributed by atoms with van der Waals surface area (Å²) in [4.78, 5) is 14.3. The molecule has 0 radical (unpaired) electrons. The number of nitrogens with zero attached hydrogens (tertiary/aromatic N) is 5. The van der Waals surface area contributed by atoms with Crippen molar-refractivity contribution >= 4 is 78.5 Å². The van der Waals surface area contributed by atoms with E-state index < -0.39 is 8.07 Å². The minimum Gasteiger partial charge on any atom is -0.365 e. The number of para-hydroxylation sites is 3. The molecule has 5 nitrogen and oxygen atoms in total. The standard InChI is InChI=1S/C62H55N5Si/c1-3-44(39-48(4-2)68(49-20-8-5-9-21-49,50-22-10-6-11-23-50)51-24-12-7-13-25-51)62-63-60(66-56-29-17-14-26-52(56)53-27-15-18-30-57(53)66)41-61(64-62)67-58-31-19-16-28-54(58)55-33-32-45(40-59(55)67)65-46-35-42-34-43(37-46)38-47(65)36-42/h3-33,40-43,46-48H,2,34-39H2,1H3/b44-3+. The summed E-state index contributed by atoms with van der Waals surface area (Å²) in [5.74, 6) is 4.23. The van der Waals surface area contributed by atoms with Crippen LogP contribution in [0.25, 0.3) is 60.8 Å². The van der Waals surface area contributed by atoms with Gasteiger partial charge in [0, 0.05) is 45.4 Å². The number of anilines is 1. The first-order chi connectivity index (χ1) is 33.6. The van der Waals surface area contributed by atoms with Gasteiger partial charge >= 0.3 is 0 Å². The van der Waals surface area contributed by atoms with Crippen LogP contribution in [0.4, 0.5) is 5.69 Å². The van der Waals surface area contributed by atoms with E-state index in [4.69, 9.17) is 9.97 Å². The van der Waals surface area contributed by atoms with E-state index in [9.17, 15) is 0 Å². The predicted octanol–water partition coefficient (Wildman–Crippen LogP) is 13.0. The van der Waals surface area contributed by atoms with E-state index in [1.54, 1.807) is 0 Å². The highest BCUT2D eigenvalue weighted by atomic mass is 28.3. The molecular formula is C62H55N5Si. The zero-order chi connectivity index (χ0) is 45.3. The molecule has 0 amide bonds. The molecule has 5 heterocycles. The summed E-state index contributed by atoms with van der Waals surface area (Å²) < 4.78 is 4.79. The molecule has 2 aliphatic carbocycles. The van der Waals surface area contributed by atoms with Gasteiger partial charge < -0.3 is 4.90 Å². The van der Waals surface area contributed by atoms with Crippen molar-refractivity contribution in [2.24, 2.45) is 11.8 Å². The van der Waals surface area contributed by atoms with Crippen molar-refractivity contribution in [1.82, 2.24) is 19.1 Å². The molecule has 2 saturated heterocycles. The molecule has 332 valence electrons. The molecule has 4 aliphatic rings. The molecule has 68 heavy (non-hydrogen) atoms. The highest BCUT2D eigenvalue weighted by molar-refractivity contribution is 7.12. The number of aromatic nitrogens is 4. The molecule has 4 fully saturated rings. The molecule has 4 bridgehead atoms. The smallest absolute Gasteiger partial charge is 0.159 e. The van der Waals surface area contributed by atoms with Gasteiger partial charge in [0.2, 0.25) is 0 Å². The fourth-order valence-electron chi connectivity index (χ4n) is 13.5. The number of benzene rings is 7. The van der Waals surface area contributed by atoms with Gasteiger partial charge in [-0.25, -0.2) is 9.97 Å². The highest BCUT2D eigenvalue weighted by Crippen LogP contribution is 2.51. The van der Waals surface area contributed by atoms with Gasteiger partial charge in [0.05, 0.1) is 22.1 Å². The van der Waals surface area contributed by atoms with Gasteiger partial charge in [-0.15, -0.1) is 6.58 Å². The van der Waals surface area contributed by atoms with E-state index in [0.717, 1.165) is 51.4 Å². The second-order valence-corrected chi connectivity index (χ2v) is 23.8. The van der Waals surface area contributed by atoms with E-state index in [1.807, 2.05) is 0 Å². The lowest BCUT2D eigenvalue weighted by Gasteiger charge is -2.57. The summed E-state index contributed by atoms with van der Waals surface area (Å²) in [6, 6.07) is 70.8. The normalized spacial score (nSPS) is 19.7. The van der Waals surface area contributed by atoms with Crippen LogP contribution in [-0.4, -0.2) is 39.3 Å². The van der Waals surface area contributed by atoms with Gasteiger partial charge in [-0.05, 0) is 114 Å². The fraction of sp³-hybridized carbons (Fsp3) is 0.194. The Kier molecular flexibility index (Phi) is 9.93. The van der Waals surface area contributed by atoms with Crippen LogP contribution in [0, 0.1) is 11.8 Å². The third-order valence-corrected chi connectivity index (χ3v) is 21.5. The number of hydrogen-bond donors (Lipinski definition) is 0. The van der Waals surface area contributed by atoms with Crippen molar-refractivity contribution in [1.29, 1.82) is 0 Å². The summed E-state index contributed by atoms with van der Waals surface area (Å²) in [5.41, 5.74) is 7.07. The van der Waals surface area contributed by atoms with Gasteiger partial charge in [-0.1, -0.05) is 164 Å². The Balaban J connectivity index is 1.04. The molecule has 7 aromatic carbocycles. The average Bonchev–Trinajstić information content (AvgIpc) is 3.91. The van der Waals surface area contributed by atoms with Gasteiger partial charge in [-0.3, -0.25) is 9.13 Å². The molecule has 0 N–H and O–H groups in total. The summed E-state index contributed by atoms with van der Waals surface area (Å²) >= 11 is 0. The Labute approximate surface area is 399 Å². The monoisotopic (exact) mass is 897 g/mol. The van der Waals surface area contributed by atoms with Crippen LogP contribution < -0.4 is 20.5 Å². The molecule has 0 spiro atoms. The largest absolute Gasteiger partial charge is 0.365 e.